The minimum absolute atomic E-state index is 0.243. The molecule has 4 nitrogen and oxygen atoms in total. The first kappa shape index (κ1) is 27.3. The Morgan fingerprint density at radius 2 is 0.815 bits per heavy atom. The van der Waals surface area contributed by atoms with Crippen molar-refractivity contribution in [1.29, 1.82) is 0 Å². The number of ether oxygens (including phenoxy) is 4. The number of hydrogen-bond acceptors (Lipinski definition) is 4. The van der Waals surface area contributed by atoms with E-state index in [0.717, 1.165) is 65.0 Å². The molecule has 0 heterocycles. The molecule has 0 N–H and O–H groups in total. The van der Waals surface area contributed by atoms with Gasteiger partial charge >= 0.3 is 0 Å². The summed E-state index contributed by atoms with van der Waals surface area (Å²) in [5, 5.41) is 0. The van der Waals surface area contributed by atoms with Gasteiger partial charge in [0.1, 0.15) is 10.8 Å². The molecule has 0 saturated heterocycles. The molecule has 0 fully saturated rings. The van der Waals surface area contributed by atoms with Gasteiger partial charge in [0, 0.05) is 26.4 Å². The van der Waals surface area contributed by atoms with E-state index < -0.39 is 19.0 Å². The lowest BCUT2D eigenvalue weighted by atomic mass is 10.4. The summed E-state index contributed by atoms with van der Waals surface area (Å²) in [7, 11) is -0.856. The van der Waals surface area contributed by atoms with Gasteiger partial charge in [0.05, 0.1) is 19.0 Å². The molecule has 0 aromatic heterocycles. The summed E-state index contributed by atoms with van der Waals surface area (Å²) in [6.45, 7) is 16.4. The first-order chi connectivity index (χ1) is 13.1. The summed E-state index contributed by atoms with van der Waals surface area (Å²) in [4.78, 5) is 0. The molecule has 0 aromatic carbocycles. The van der Waals surface area contributed by atoms with Crippen LogP contribution in [-0.2, 0) is 18.9 Å². The van der Waals surface area contributed by atoms with Crippen LogP contribution in [0.25, 0.3) is 0 Å². The van der Waals surface area contributed by atoms with Crippen LogP contribution in [0, 0.1) is 0 Å². The minimum atomic E-state index is -0.428. The number of rotatable bonds is 20. The van der Waals surface area contributed by atoms with Crippen molar-refractivity contribution < 1.29 is 18.9 Å². The van der Waals surface area contributed by atoms with E-state index >= 15 is 0 Å². The van der Waals surface area contributed by atoms with E-state index in [1.807, 2.05) is 0 Å². The second-order valence-electron chi connectivity index (χ2n) is 7.48. The SMILES string of the molecule is CCCOC(CC)(OCCC)[SiH2]CCC[SiH2]C(CC)(OCCC)OCCC. The number of hydrogen-bond donors (Lipinski definition) is 0. The Bertz CT molecular complexity index is 283. The first-order valence-corrected chi connectivity index (χ1v) is 15.0. The third-order valence-electron chi connectivity index (χ3n) is 4.97. The molecule has 0 aliphatic rings. The Morgan fingerprint density at radius 1 is 0.519 bits per heavy atom. The fourth-order valence-electron chi connectivity index (χ4n) is 3.25. The fraction of sp³-hybridized carbons (Fsp3) is 1.00. The van der Waals surface area contributed by atoms with Gasteiger partial charge in [-0.25, -0.2) is 0 Å². The van der Waals surface area contributed by atoms with Crippen molar-refractivity contribution in [2.75, 3.05) is 26.4 Å². The zero-order chi connectivity index (χ0) is 20.4. The molecule has 0 atom stereocenters. The van der Waals surface area contributed by atoms with Crippen LogP contribution in [0.1, 0.15) is 86.5 Å². The lowest BCUT2D eigenvalue weighted by Gasteiger charge is -2.34. The molecule has 0 bridgehead atoms. The largest absolute Gasteiger partial charge is 0.354 e. The molecule has 0 rings (SSSR count). The summed E-state index contributed by atoms with van der Waals surface area (Å²) < 4.78 is 24.8. The van der Waals surface area contributed by atoms with Crippen LogP contribution in [0.2, 0.25) is 12.1 Å². The van der Waals surface area contributed by atoms with E-state index in [0.29, 0.717) is 0 Å². The maximum absolute atomic E-state index is 6.21. The smallest absolute Gasteiger partial charge is 0.144 e. The van der Waals surface area contributed by atoms with Gasteiger partial charge < -0.3 is 18.9 Å². The summed E-state index contributed by atoms with van der Waals surface area (Å²) in [6.07, 6.45) is 7.46. The van der Waals surface area contributed by atoms with E-state index in [2.05, 4.69) is 41.5 Å². The second-order valence-corrected chi connectivity index (χ2v) is 12.1. The quantitative estimate of drug-likeness (QED) is 0.166. The van der Waals surface area contributed by atoms with E-state index in [9.17, 15) is 0 Å². The van der Waals surface area contributed by atoms with Gasteiger partial charge in [-0.1, -0.05) is 60.1 Å². The van der Waals surface area contributed by atoms with Gasteiger partial charge in [-0.2, -0.15) is 0 Å². The van der Waals surface area contributed by atoms with Crippen LogP contribution >= 0.6 is 0 Å². The Labute approximate surface area is 174 Å². The van der Waals surface area contributed by atoms with Gasteiger partial charge in [0.25, 0.3) is 0 Å². The highest BCUT2D eigenvalue weighted by molar-refractivity contribution is 6.41. The molecule has 0 unspecified atom stereocenters. The fourth-order valence-corrected chi connectivity index (χ4v) is 8.10. The van der Waals surface area contributed by atoms with E-state index in [-0.39, 0.29) is 10.8 Å². The summed E-state index contributed by atoms with van der Waals surface area (Å²) in [5.74, 6) is 0. The van der Waals surface area contributed by atoms with Crippen LogP contribution in [0.15, 0.2) is 0 Å². The van der Waals surface area contributed by atoms with Crippen molar-refractivity contribution in [1.82, 2.24) is 0 Å². The maximum Gasteiger partial charge on any atom is 0.144 e. The summed E-state index contributed by atoms with van der Waals surface area (Å²) >= 11 is 0. The van der Waals surface area contributed by atoms with Crippen molar-refractivity contribution in [2.24, 2.45) is 0 Å². The normalized spacial score (nSPS) is 13.6. The average Bonchev–Trinajstić information content (AvgIpc) is 2.71. The predicted molar refractivity (Wildman–Crippen MR) is 122 cm³/mol. The molecule has 0 radical (unpaired) electrons. The van der Waals surface area contributed by atoms with Crippen molar-refractivity contribution in [3.8, 4) is 0 Å². The Morgan fingerprint density at radius 3 is 1.04 bits per heavy atom. The van der Waals surface area contributed by atoms with E-state index in [1.165, 1.54) is 18.5 Å². The zero-order valence-electron chi connectivity index (χ0n) is 19.2. The predicted octanol–water partition coefficient (Wildman–Crippen LogP) is 4.38. The molecular formula is C21H48O4Si2. The minimum Gasteiger partial charge on any atom is -0.354 e. The van der Waals surface area contributed by atoms with Crippen LogP contribution in [0.5, 0.6) is 0 Å². The monoisotopic (exact) mass is 420 g/mol. The Hall–Kier alpha value is 0.274. The Balaban J connectivity index is 4.51. The van der Waals surface area contributed by atoms with Gasteiger partial charge in [-0.05, 0) is 38.5 Å². The average molecular weight is 421 g/mol. The molecule has 0 spiro atoms. The van der Waals surface area contributed by atoms with Gasteiger partial charge in [-0.15, -0.1) is 0 Å². The second kappa shape index (κ2) is 17.2. The van der Waals surface area contributed by atoms with Crippen molar-refractivity contribution >= 4 is 19.0 Å². The van der Waals surface area contributed by atoms with Crippen LogP contribution in [-0.4, -0.2) is 56.3 Å². The van der Waals surface area contributed by atoms with E-state index in [4.69, 9.17) is 18.9 Å². The van der Waals surface area contributed by atoms with Gasteiger partial charge in [0.15, 0.2) is 0 Å². The van der Waals surface area contributed by atoms with Crippen LogP contribution < -0.4 is 0 Å². The third kappa shape index (κ3) is 11.8. The lowest BCUT2D eigenvalue weighted by Crippen LogP contribution is -2.43. The van der Waals surface area contributed by atoms with Gasteiger partial charge in [-0.3, -0.25) is 0 Å². The van der Waals surface area contributed by atoms with Crippen molar-refractivity contribution in [2.45, 2.75) is 109 Å². The molecule has 0 aliphatic heterocycles. The van der Waals surface area contributed by atoms with E-state index in [1.54, 1.807) is 0 Å². The van der Waals surface area contributed by atoms with Crippen molar-refractivity contribution in [3.05, 3.63) is 0 Å². The molecule has 0 aliphatic carbocycles. The van der Waals surface area contributed by atoms with Crippen LogP contribution in [0.3, 0.4) is 0 Å². The highest BCUT2D eigenvalue weighted by Crippen LogP contribution is 2.23. The molecule has 6 heteroatoms. The molecule has 0 aromatic rings. The Kier molecular flexibility index (Phi) is 17.3. The molecular weight excluding hydrogens is 372 g/mol. The highest BCUT2D eigenvalue weighted by Gasteiger charge is 2.31. The zero-order valence-corrected chi connectivity index (χ0v) is 22.1. The molecule has 27 heavy (non-hydrogen) atoms. The topological polar surface area (TPSA) is 36.9 Å². The van der Waals surface area contributed by atoms with Crippen molar-refractivity contribution in [3.63, 3.8) is 0 Å². The standard InChI is InChI=1S/C21H48O4Si2/c1-7-14-22-20(11-5,23-15-8-2)26-18-13-19-27-21(12-6,24-16-9-3)25-17-10-4/h7-19,26-27H2,1-6H3. The first-order valence-electron chi connectivity index (χ1n) is 11.6. The molecule has 164 valence electrons. The molecule has 0 saturated carbocycles. The van der Waals surface area contributed by atoms with Gasteiger partial charge in [0.2, 0.25) is 0 Å². The molecule has 0 amide bonds. The summed E-state index contributed by atoms with van der Waals surface area (Å²) in [6, 6.07) is 2.57. The third-order valence-corrected chi connectivity index (χ3v) is 10.0. The highest BCUT2D eigenvalue weighted by atomic mass is 28.2. The maximum atomic E-state index is 6.21. The summed E-state index contributed by atoms with van der Waals surface area (Å²) in [5.41, 5.74) is -0.486. The van der Waals surface area contributed by atoms with Crippen LogP contribution in [0.4, 0.5) is 0 Å². The lowest BCUT2D eigenvalue weighted by molar-refractivity contribution is -0.182.